The van der Waals surface area contributed by atoms with Gasteiger partial charge in [0.05, 0.1) is 11.1 Å². The molecule has 1 amide bonds. The van der Waals surface area contributed by atoms with E-state index in [1.165, 1.54) is 0 Å². The molecule has 7 heteroatoms. The van der Waals surface area contributed by atoms with Gasteiger partial charge < -0.3 is 16.4 Å². The van der Waals surface area contributed by atoms with Gasteiger partial charge in [-0.1, -0.05) is 13.8 Å². The quantitative estimate of drug-likeness (QED) is 0.679. The van der Waals surface area contributed by atoms with E-state index in [1.54, 1.807) is 11.3 Å². The molecular formula is C17H25ClN4OS. The first-order chi connectivity index (χ1) is 11.0. The minimum Gasteiger partial charge on any atom is -0.332 e. The van der Waals surface area contributed by atoms with Crippen molar-refractivity contribution in [2.24, 2.45) is 11.1 Å². The molecule has 0 unspecified atom stereocenters. The molecule has 0 spiro atoms. The van der Waals surface area contributed by atoms with Crippen molar-refractivity contribution in [2.45, 2.75) is 33.6 Å². The number of nitrogens with one attached hydrogen (secondary N) is 2. The minimum absolute atomic E-state index is 0. The summed E-state index contributed by atoms with van der Waals surface area (Å²) in [5.41, 5.74) is 8.04. The van der Waals surface area contributed by atoms with Gasteiger partial charge in [0, 0.05) is 23.3 Å². The SMILES string of the molecule is CCC(CC)(CN)C(=O)Nc1ccc(Nc2nc(C)cs2)cc1.Cl. The Kier molecular flexibility index (Phi) is 7.66. The van der Waals surface area contributed by atoms with Crippen LogP contribution in [0.5, 0.6) is 0 Å². The number of carbonyl (C=O) groups excluding carboxylic acids is 1. The zero-order chi connectivity index (χ0) is 16.9. The Morgan fingerprint density at radius 3 is 2.25 bits per heavy atom. The van der Waals surface area contributed by atoms with Crippen LogP contribution in [0.4, 0.5) is 16.5 Å². The second-order valence-corrected chi connectivity index (χ2v) is 6.50. The lowest BCUT2D eigenvalue weighted by Gasteiger charge is -2.28. The molecule has 0 radical (unpaired) electrons. The van der Waals surface area contributed by atoms with Crippen LogP contribution in [0.2, 0.25) is 0 Å². The second kappa shape index (κ2) is 9.01. The number of aromatic nitrogens is 1. The molecule has 0 aliphatic rings. The number of nitrogens with zero attached hydrogens (tertiary/aromatic N) is 1. The first kappa shape index (κ1) is 20.4. The number of benzene rings is 1. The van der Waals surface area contributed by atoms with Crippen molar-refractivity contribution in [1.29, 1.82) is 0 Å². The molecule has 2 rings (SSSR count). The summed E-state index contributed by atoms with van der Waals surface area (Å²) in [4.78, 5) is 16.9. The summed E-state index contributed by atoms with van der Waals surface area (Å²) in [5, 5.41) is 9.07. The Bertz CT molecular complexity index is 645. The molecule has 4 N–H and O–H groups in total. The van der Waals surface area contributed by atoms with E-state index in [0.717, 1.165) is 35.0 Å². The van der Waals surface area contributed by atoms with E-state index >= 15 is 0 Å². The third-order valence-electron chi connectivity index (χ3n) is 4.24. The highest BCUT2D eigenvalue weighted by atomic mass is 35.5. The van der Waals surface area contributed by atoms with Gasteiger partial charge in [-0.2, -0.15) is 0 Å². The zero-order valence-corrected chi connectivity index (χ0v) is 15.9. The third-order valence-corrected chi connectivity index (χ3v) is 5.11. The normalized spacial score (nSPS) is 10.8. The average molecular weight is 369 g/mol. The van der Waals surface area contributed by atoms with E-state index in [-0.39, 0.29) is 18.3 Å². The largest absolute Gasteiger partial charge is 0.332 e. The molecule has 1 heterocycles. The molecule has 1 aromatic carbocycles. The number of halogens is 1. The predicted molar refractivity (Wildman–Crippen MR) is 105 cm³/mol. The maximum Gasteiger partial charge on any atom is 0.231 e. The topological polar surface area (TPSA) is 80.0 Å². The Balaban J connectivity index is 0.00000288. The Hall–Kier alpha value is -1.63. The molecule has 0 aliphatic carbocycles. The Morgan fingerprint density at radius 1 is 1.21 bits per heavy atom. The highest BCUT2D eigenvalue weighted by Gasteiger charge is 2.33. The lowest BCUT2D eigenvalue weighted by molar-refractivity contribution is -0.125. The van der Waals surface area contributed by atoms with E-state index in [1.807, 2.05) is 50.4 Å². The molecule has 0 saturated heterocycles. The number of rotatable bonds is 7. The first-order valence-electron chi connectivity index (χ1n) is 7.83. The number of anilines is 3. The highest BCUT2D eigenvalue weighted by molar-refractivity contribution is 7.13. The van der Waals surface area contributed by atoms with Crippen molar-refractivity contribution in [3.05, 3.63) is 35.3 Å². The summed E-state index contributed by atoms with van der Waals surface area (Å²) < 4.78 is 0. The molecule has 2 aromatic rings. The van der Waals surface area contributed by atoms with Gasteiger partial charge in [0.2, 0.25) is 5.91 Å². The van der Waals surface area contributed by atoms with Crippen LogP contribution in [-0.2, 0) is 4.79 Å². The molecule has 0 bridgehead atoms. The van der Waals surface area contributed by atoms with Crippen molar-refractivity contribution in [3.8, 4) is 0 Å². The van der Waals surface area contributed by atoms with Gasteiger partial charge in [0.25, 0.3) is 0 Å². The van der Waals surface area contributed by atoms with Gasteiger partial charge in [-0.25, -0.2) is 4.98 Å². The number of aryl methyl sites for hydroxylation is 1. The van der Waals surface area contributed by atoms with E-state index < -0.39 is 5.41 Å². The number of thiazole rings is 1. The lowest BCUT2D eigenvalue weighted by atomic mass is 9.81. The number of carbonyl (C=O) groups is 1. The number of amides is 1. The molecule has 5 nitrogen and oxygen atoms in total. The molecule has 0 atom stereocenters. The van der Waals surface area contributed by atoms with Crippen LogP contribution in [0, 0.1) is 12.3 Å². The van der Waals surface area contributed by atoms with Gasteiger partial charge in [0.15, 0.2) is 5.13 Å². The van der Waals surface area contributed by atoms with Crippen LogP contribution in [0.1, 0.15) is 32.4 Å². The maximum atomic E-state index is 12.5. The molecule has 132 valence electrons. The second-order valence-electron chi connectivity index (χ2n) is 5.64. The van der Waals surface area contributed by atoms with Gasteiger partial charge in [0.1, 0.15) is 0 Å². The summed E-state index contributed by atoms with van der Waals surface area (Å²) in [6.07, 6.45) is 1.46. The molecule has 0 aliphatic heterocycles. The van der Waals surface area contributed by atoms with Crippen molar-refractivity contribution in [2.75, 3.05) is 17.2 Å². The summed E-state index contributed by atoms with van der Waals surface area (Å²) in [6, 6.07) is 7.61. The van der Waals surface area contributed by atoms with Gasteiger partial charge in [-0.3, -0.25) is 4.79 Å². The van der Waals surface area contributed by atoms with E-state index in [9.17, 15) is 4.79 Å². The fourth-order valence-electron chi connectivity index (χ4n) is 2.39. The van der Waals surface area contributed by atoms with E-state index in [4.69, 9.17) is 5.73 Å². The maximum absolute atomic E-state index is 12.5. The number of nitrogens with two attached hydrogens (primary N) is 1. The van der Waals surface area contributed by atoms with E-state index in [0.29, 0.717) is 6.54 Å². The van der Waals surface area contributed by atoms with Gasteiger partial charge in [-0.05, 0) is 44.0 Å². The van der Waals surface area contributed by atoms with Gasteiger partial charge >= 0.3 is 0 Å². The van der Waals surface area contributed by atoms with Crippen molar-refractivity contribution in [3.63, 3.8) is 0 Å². The number of hydrogen-bond donors (Lipinski definition) is 3. The summed E-state index contributed by atoms with van der Waals surface area (Å²) in [5.74, 6) is -0.0127. The Morgan fingerprint density at radius 2 is 1.79 bits per heavy atom. The smallest absolute Gasteiger partial charge is 0.231 e. The summed E-state index contributed by atoms with van der Waals surface area (Å²) >= 11 is 1.57. The van der Waals surface area contributed by atoms with Crippen molar-refractivity contribution >= 4 is 46.2 Å². The lowest BCUT2D eigenvalue weighted by Crippen LogP contribution is -2.41. The van der Waals surface area contributed by atoms with Crippen LogP contribution in [0.15, 0.2) is 29.6 Å². The van der Waals surface area contributed by atoms with Crippen LogP contribution in [0.3, 0.4) is 0 Å². The first-order valence-corrected chi connectivity index (χ1v) is 8.71. The van der Waals surface area contributed by atoms with Crippen LogP contribution in [0.25, 0.3) is 0 Å². The van der Waals surface area contributed by atoms with Crippen LogP contribution in [-0.4, -0.2) is 17.4 Å². The molecule has 0 fully saturated rings. The average Bonchev–Trinajstić information content (AvgIpc) is 2.96. The standard InChI is InChI=1S/C17H24N4OS.ClH/c1-4-17(5-2,11-18)15(22)20-13-6-8-14(9-7-13)21-16-19-12(3)10-23-16;/h6-10H,4-5,11,18H2,1-3H3,(H,19,21)(H,20,22);1H. The summed E-state index contributed by atoms with van der Waals surface area (Å²) in [6.45, 7) is 6.32. The Labute approximate surface area is 153 Å². The fraction of sp³-hybridized carbons (Fsp3) is 0.412. The molecular weight excluding hydrogens is 344 g/mol. The van der Waals surface area contributed by atoms with Crippen molar-refractivity contribution in [1.82, 2.24) is 4.98 Å². The third kappa shape index (κ3) is 4.69. The predicted octanol–water partition coefficient (Wildman–Crippen LogP) is 4.32. The summed E-state index contributed by atoms with van der Waals surface area (Å²) in [7, 11) is 0. The molecule has 0 saturated carbocycles. The van der Waals surface area contributed by atoms with E-state index in [2.05, 4.69) is 15.6 Å². The fourth-order valence-corrected chi connectivity index (χ4v) is 3.10. The van der Waals surface area contributed by atoms with Crippen LogP contribution < -0.4 is 16.4 Å². The van der Waals surface area contributed by atoms with Crippen LogP contribution >= 0.6 is 23.7 Å². The monoisotopic (exact) mass is 368 g/mol. The molecule has 24 heavy (non-hydrogen) atoms. The molecule has 1 aromatic heterocycles. The zero-order valence-electron chi connectivity index (χ0n) is 14.3. The van der Waals surface area contributed by atoms with Crippen molar-refractivity contribution < 1.29 is 4.79 Å². The highest BCUT2D eigenvalue weighted by Crippen LogP contribution is 2.27. The van der Waals surface area contributed by atoms with Gasteiger partial charge in [-0.15, -0.1) is 23.7 Å². The minimum atomic E-state index is -0.491. The number of hydrogen-bond acceptors (Lipinski definition) is 5.